The van der Waals surface area contributed by atoms with Crippen molar-refractivity contribution in [2.75, 3.05) is 7.11 Å². The van der Waals surface area contributed by atoms with Gasteiger partial charge in [0.1, 0.15) is 23.9 Å². The van der Waals surface area contributed by atoms with Crippen LogP contribution in [-0.2, 0) is 16.8 Å². The molecule has 182 valence electrons. The molecule has 35 heavy (non-hydrogen) atoms. The van der Waals surface area contributed by atoms with Gasteiger partial charge >= 0.3 is 5.97 Å². The normalized spacial score (nSPS) is 11.8. The van der Waals surface area contributed by atoms with Crippen molar-refractivity contribution in [3.05, 3.63) is 83.2 Å². The third kappa shape index (κ3) is 6.64. The molecule has 4 nitrogen and oxygen atoms in total. The largest absolute Gasteiger partial charge is 0.497 e. The SMILES string of the molecule is CC#CC(CC(=O)O)c1ccc(OCc2ccc(C(C)(C)C)c(-c3cc(OC)ccc3F)c2)cc1. The molecule has 0 fully saturated rings. The molecule has 3 aromatic carbocycles. The van der Waals surface area contributed by atoms with E-state index in [4.69, 9.17) is 14.6 Å². The molecule has 3 rings (SSSR count). The molecule has 0 aromatic heterocycles. The van der Waals surface area contributed by atoms with Crippen LogP contribution in [0.4, 0.5) is 4.39 Å². The average molecular weight is 475 g/mol. The summed E-state index contributed by atoms with van der Waals surface area (Å²) >= 11 is 0. The lowest BCUT2D eigenvalue weighted by atomic mass is 9.81. The summed E-state index contributed by atoms with van der Waals surface area (Å²) in [5, 5.41) is 9.13. The zero-order valence-electron chi connectivity index (χ0n) is 20.8. The molecule has 0 heterocycles. The van der Waals surface area contributed by atoms with Gasteiger partial charge in [-0.05, 0) is 71.0 Å². The summed E-state index contributed by atoms with van der Waals surface area (Å²) in [5.74, 6) is 5.43. The van der Waals surface area contributed by atoms with E-state index in [2.05, 4.69) is 32.6 Å². The van der Waals surface area contributed by atoms with E-state index in [-0.39, 0.29) is 23.6 Å². The van der Waals surface area contributed by atoms with E-state index in [1.54, 1.807) is 26.2 Å². The van der Waals surface area contributed by atoms with Gasteiger partial charge in [-0.3, -0.25) is 4.79 Å². The molecule has 3 aromatic rings. The number of rotatable bonds is 8. The Morgan fingerprint density at radius 2 is 1.69 bits per heavy atom. The van der Waals surface area contributed by atoms with Crippen molar-refractivity contribution in [3.63, 3.8) is 0 Å². The maximum absolute atomic E-state index is 14.8. The summed E-state index contributed by atoms with van der Waals surface area (Å²) in [6, 6.07) is 18.0. The Morgan fingerprint density at radius 1 is 1.00 bits per heavy atom. The number of methoxy groups -OCH3 is 1. The van der Waals surface area contributed by atoms with Gasteiger partial charge in [-0.1, -0.05) is 51.0 Å². The van der Waals surface area contributed by atoms with Gasteiger partial charge in [0.15, 0.2) is 0 Å². The maximum atomic E-state index is 14.8. The van der Waals surface area contributed by atoms with Crippen LogP contribution in [0.3, 0.4) is 0 Å². The molecule has 0 radical (unpaired) electrons. The minimum absolute atomic E-state index is 0.0508. The van der Waals surface area contributed by atoms with Gasteiger partial charge in [0.25, 0.3) is 0 Å². The van der Waals surface area contributed by atoms with Crippen molar-refractivity contribution >= 4 is 5.97 Å². The lowest BCUT2D eigenvalue weighted by Gasteiger charge is -2.24. The first kappa shape index (κ1) is 25.8. The molecule has 0 spiro atoms. The molecule has 0 saturated heterocycles. The predicted octanol–water partition coefficient (Wildman–Crippen LogP) is 6.96. The molecule has 0 aliphatic rings. The molecule has 0 saturated carbocycles. The first-order valence-corrected chi connectivity index (χ1v) is 11.5. The van der Waals surface area contributed by atoms with Crippen LogP contribution in [0.15, 0.2) is 60.7 Å². The number of hydrogen-bond donors (Lipinski definition) is 1. The Labute approximate surface area is 206 Å². The number of carboxylic acids is 1. The van der Waals surface area contributed by atoms with Gasteiger partial charge in [0, 0.05) is 5.56 Å². The average Bonchev–Trinajstić information content (AvgIpc) is 2.82. The zero-order valence-corrected chi connectivity index (χ0v) is 20.8. The fraction of sp³-hybridized carbons (Fsp3) is 0.300. The van der Waals surface area contributed by atoms with Gasteiger partial charge in [0.2, 0.25) is 0 Å². The van der Waals surface area contributed by atoms with Crippen LogP contribution in [0.25, 0.3) is 11.1 Å². The van der Waals surface area contributed by atoms with Crippen LogP contribution in [0.1, 0.15) is 56.7 Å². The topological polar surface area (TPSA) is 55.8 Å². The third-order valence-corrected chi connectivity index (χ3v) is 5.74. The van der Waals surface area contributed by atoms with Crippen LogP contribution in [0.2, 0.25) is 0 Å². The van der Waals surface area contributed by atoms with Gasteiger partial charge in [-0.25, -0.2) is 4.39 Å². The van der Waals surface area contributed by atoms with E-state index < -0.39 is 5.97 Å². The molecule has 1 N–H and O–H groups in total. The smallest absolute Gasteiger partial charge is 0.304 e. The lowest BCUT2D eigenvalue weighted by Crippen LogP contribution is -2.13. The van der Waals surface area contributed by atoms with Crippen molar-refractivity contribution in [2.45, 2.75) is 52.1 Å². The highest BCUT2D eigenvalue weighted by molar-refractivity contribution is 5.71. The highest BCUT2D eigenvalue weighted by atomic mass is 19.1. The standard InChI is InChI=1S/C30H31FO4/c1-6-7-22(17-29(32)33)21-9-11-23(12-10-21)35-19-20-8-14-27(30(2,3)4)25(16-20)26-18-24(34-5)13-15-28(26)31/h8-16,18,22H,17,19H2,1-5H3,(H,32,33). The molecule has 1 atom stereocenters. The monoisotopic (exact) mass is 474 g/mol. The van der Waals surface area contributed by atoms with Crippen LogP contribution >= 0.6 is 0 Å². The molecular formula is C30H31FO4. The van der Waals surface area contributed by atoms with Gasteiger partial charge in [-0.15, -0.1) is 5.92 Å². The second kappa shape index (κ2) is 11.1. The van der Waals surface area contributed by atoms with Gasteiger partial charge in [-0.2, -0.15) is 0 Å². The van der Waals surface area contributed by atoms with E-state index in [0.29, 0.717) is 23.7 Å². The Balaban J connectivity index is 1.86. The highest BCUT2D eigenvalue weighted by Crippen LogP contribution is 2.37. The van der Waals surface area contributed by atoms with E-state index in [9.17, 15) is 9.18 Å². The minimum Gasteiger partial charge on any atom is -0.497 e. The third-order valence-electron chi connectivity index (χ3n) is 5.74. The Morgan fingerprint density at radius 3 is 2.29 bits per heavy atom. The number of carbonyl (C=O) groups is 1. The predicted molar refractivity (Wildman–Crippen MR) is 136 cm³/mol. The lowest BCUT2D eigenvalue weighted by molar-refractivity contribution is -0.137. The number of halogens is 1. The van der Waals surface area contributed by atoms with Crippen molar-refractivity contribution in [1.29, 1.82) is 0 Å². The second-order valence-corrected chi connectivity index (χ2v) is 9.38. The van der Waals surface area contributed by atoms with Gasteiger partial charge < -0.3 is 14.6 Å². The van der Waals surface area contributed by atoms with E-state index in [1.807, 2.05) is 42.5 Å². The van der Waals surface area contributed by atoms with Crippen molar-refractivity contribution in [2.24, 2.45) is 0 Å². The van der Waals surface area contributed by atoms with Crippen LogP contribution in [0.5, 0.6) is 11.5 Å². The molecule has 0 aliphatic carbocycles. The fourth-order valence-electron chi connectivity index (χ4n) is 3.96. The summed E-state index contributed by atoms with van der Waals surface area (Å²) in [4.78, 5) is 11.1. The number of carboxylic acid groups (broad SMARTS) is 1. The second-order valence-electron chi connectivity index (χ2n) is 9.38. The summed E-state index contributed by atoms with van der Waals surface area (Å²) in [6.07, 6.45) is -0.0508. The number of hydrogen-bond acceptors (Lipinski definition) is 3. The molecule has 0 amide bonds. The minimum atomic E-state index is -0.889. The number of ether oxygens (including phenoxy) is 2. The van der Waals surface area contributed by atoms with E-state index in [1.165, 1.54) is 6.07 Å². The van der Waals surface area contributed by atoms with Crippen molar-refractivity contribution in [3.8, 4) is 34.5 Å². The summed E-state index contributed by atoms with van der Waals surface area (Å²) in [7, 11) is 1.57. The van der Waals surface area contributed by atoms with E-state index in [0.717, 1.165) is 22.3 Å². The van der Waals surface area contributed by atoms with E-state index >= 15 is 0 Å². The van der Waals surface area contributed by atoms with Crippen LogP contribution < -0.4 is 9.47 Å². The Hall–Kier alpha value is -3.78. The Kier molecular flexibility index (Phi) is 8.19. The molecule has 0 aliphatic heterocycles. The zero-order chi connectivity index (χ0) is 25.6. The molecule has 1 unspecified atom stereocenters. The summed E-state index contributed by atoms with van der Waals surface area (Å²) < 4.78 is 26.2. The Bertz CT molecular complexity index is 1240. The number of aliphatic carboxylic acids is 1. The van der Waals surface area contributed by atoms with Gasteiger partial charge in [0.05, 0.1) is 19.4 Å². The van der Waals surface area contributed by atoms with Crippen molar-refractivity contribution in [1.82, 2.24) is 0 Å². The molecule has 0 bridgehead atoms. The van der Waals surface area contributed by atoms with Crippen LogP contribution in [0, 0.1) is 17.7 Å². The summed E-state index contributed by atoms with van der Waals surface area (Å²) in [6.45, 7) is 8.30. The highest BCUT2D eigenvalue weighted by Gasteiger charge is 2.21. The molecule has 5 heteroatoms. The first-order valence-electron chi connectivity index (χ1n) is 11.5. The molecular weight excluding hydrogens is 443 g/mol. The van der Waals surface area contributed by atoms with Crippen LogP contribution in [-0.4, -0.2) is 18.2 Å². The number of benzene rings is 3. The quantitative estimate of drug-likeness (QED) is 0.359. The van der Waals surface area contributed by atoms with Crippen molar-refractivity contribution < 1.29 is 23.8 Å². The maximum Gasteiger partial charge on any atom is 0.304 e. The first-order chi connectivity index (χ1) is 16.6. The summed E-state index contributed by atoms with van der Waals surface area (Å²) in [5.41, 5.74) is 3.87. The fourth-order valence-corrected chi connectivity index (χ4v) is 3.96.